The SMILES string of the molecule is C/C(=N\NC(=O)Cc1nc2ccccc2n1C)c1ccc(N)cc1. The number of carbonyl (C=O) groups excluding carboxylic acids is 1. The zero-order chi connectivity index (χ0) is 17.1. The number of hydrazone groups is 1. The Morgan fingerprint density at radius 1 is 1.21 bits per heavy atom. The van der Waals surface area contributed by atoms with Crippen molar-refractivity contribution in [1.29, 1.82) is 0 Å². The zero-order valence-corrected chi connectivity index (χ0v) is 13.7. The Morgan fingerprint density at radius 2 is 1.92 bits per heavy atom. The lowest BCUT2D eigenvalue weighted by Crippen LogP contribution is -2.22. The first-order chi connectivity index (χ1) is 11.5. The summed E-state index contributed by atoms with van der Waals surface area (Å²) in [6.07, 6.45) is 0.170. The lowest BCUT2D eigenvalue weighted by Gasteiger charge is -2.04. The van der Waals surface area contributed by atoms with Crippen molar-refractivity contribution in [2.24, 2.45) is 12.1 Å². The molecule has 1 aromatic heterocycles. The summed E-state index contributed by atoms with van der Waals surface area (Å²) in [7, 11) is 1.90. The Hall–Kier alpha value is -3.15. The summed E-state index contributed by atoms with van der Waals surface area (Å²) in [4.78, 5) is 16.6. The Labute approximate surface area is 140 Å². The second kappa shape index (κ2) is 6.54. The third kappa shape index (κ3) is 3.27. The number of nitrogens with one attached hydrogen (secondary N) is 1. The van der Waals surface area contributed by atoms with E-state index in [9.17, 15) is 4.79 Å². The minimum atomic E-state index is -0.205. The lowest BCUT2D eigenvalue weighted by molar-refractivity contribution is -0.120. The monoisotopic (exact) mass is 321 g/mol. The minimum absolute atomic E-state index is 0.170. The number of imidazole rings is 1. The van der Waals surface area contributed by atoms with Crippen LogP contribution in [0.5, 0.6) is 0 Å². The maximum atomic E-state index is 12.1. The van der Waals surface area contributed by atoms with Gasteiger partial charge in [-0.15, -0.1) is 0 Å². The molecule has 2 aromatic carbocycles. The summed E-state index contributed by atoms with van der Waals surface area (Å²) in [6.45, 7) is 1.83. The van der Waals surface area contributed by atoms with E-state index in [4.69, 9.17) is 5.73 Å². The zero-order valence-electron chi connectivity index (χ0n) is 13.7. The summed E-state index contributed by atoms with van der Waals surface area (Å²) in [5.74, 6) is 0.497. The minimum Gasteiger partial charge on any atom is -0.399 e. The number of rotatable bonds is 4. The van der Waals surface area contributed by atoms with Crippen LogP contribution in [-0.2, 0) is 18.3 Å². The molecule has 0 saturated carbocycles. The Balaban J connectivity index is 1.69. The number of fused-ring (bicyclic) bond motifs is 1. The molecule has 0 bridgehead atoms. The van der Waals surface area contributed by atoms with E-state index < -0.39 is 0 Å². The smallest absolute Gasteiger partial charge is 0.247 e. The highest BCUT2D eigenvalue weighted by Crippen LogP contribution is 2.14. The van der Waals surface area contributed by atoms with E-state index in [2.05, 4.69) is 15.5 Å². The van der Waals surface area contributed by atoms with Gasteiger partial charge in [-0.2, -0.15) is 5.10 Å². The van der Waals surface area contributed by atoms with Gasteiger partial charge in [-0.25, -0.2) is 10.4 Å². The molecule has 1 heterocycles. The fourth-order valence-corrected chi connectivity index (χ4v) is 2.47. The van der Waals surface area contributed by atoms with Crippen molar-refractivity contribution < 1.29 is 4.79 Å². The maximum absolute atomic E-state index is 12.1. The first-order valence-corrected chi connectivity index (χ1v) is 7.64. The molecular formula is C18H19N5O. The van der Waals surface area contributed by atoms with E-state index in [0.717, 1.165) is 16.6 Å². The number of hydrogen-bond acceptors (Lipinski definition) is 4. The lowest BCUT2D eigenvalue weighted by atomic mass is 10.1. The first kappa shape index (κ1) is 15.7. The molecule has 0 atom stereocenters. The van der Waals surface area contributed by atoms with E-state index in [1.165, 1.54) is 0 Å². The molecule has 0 radical (unpaired) electrons. The quantitative estimate of drug-likeness (QED) is 0.439. The molecule has 0 fully saturated rings. The van der Waals surface area contributed by atoms with Gasteiger partial charge in [0, 0.05) is 12.7 Å². The van der Waals surface area contributed by atoms with Crippen LogP contribution in [0.3, 0.4) is 0 Å². The van der Waals surface area contributed by atoms with Gasteiger partial charge in [0.15, 0.2) is 0 Å². The van der Waals surface area contributed by atoms with Crippen LogP contribution in [0.1, 0.15) is 18.3 Å². The van der Waals surface area contributed by atoms with E-state index in [0.29, 0.717) is 17.2 Å². The molecule has 0 unspecified atom stereocenters. The van der Waals surface area contributed by atoms with Gasteiger partial charge < -0.3 is 10.3 Å². The molecule has 0 saturated heterocycles. The van der Waals surface area contributed by atoms with Gasteiger partial charge >= 0.3 is 0 Å². The fraction of sp³-hybridized carbons (Fsp3) is 0.167. The molecule has 3 aromatic rings. The fourth-order valence-electron chi connectivity index (χ4n) is 2.47. The number of nitrogens with zero attached hydrogens (tertiary/aromatic N) is 3. The van der Waals surface area contributed by atoms with Crippen molar-refractivity contribution >= 4 is 28.3 Å². The molecule has 6 heteroatoms. The molecule has 6 nitrogen and oxygen atoms in total. The number of anilines is 1. The Kier molecular flexibility index (Phi) is 4.29. The van der Waals surface area contributed by atoms with Crippen molar-refractivity contribution in [1.82, 2.24) is 15.0 Å². The molecular weight excluding hydrogens is 302 g/mol. The summed E-state index contributed by atoms with van der Waals surface area (Å²) >= 11 is 0. The second-order valence-corrected chi connectivity index (χ2v) is 5.61. The number of hydrogen-bond donors (Lipinski definition) is 2. The molecule has 122 valence electrons. The van der Waals surface area contributed by atoms with Crippen LogP contribution in [0.2, 0.25) is 0 Å². The van der Waals surface area contributed by atoms with Crippen LogP contribution in [0.15, 0.2) is 53.6 Å². The van der Waals surface area contributed by atoms with E-state index in [1.54, 1.807) is 12.1 Å². The van der Waals surface area contributed by atoms with Crippen molar-refractivity contribution in [3.8, 4) is 0 Å². The first-order valence-electron chi connectivity index (χ1n) is 7.64. The molecule has 24 heavy (non-hydrogen) atoms. The van der Waals surface area contributed by atoms with Crippen molar-refractivity contribution in [3.05, 3.63) is 59.9 Å². The van der Waals surface area contributed by atoms with Gasteiger partial charge in [0.2, 0.25) is 5.91 Å². The molecule has 1 amide bonds. The predicted octanol–water partition coefficient (Wildman–Crippen LogP) is 2.24. The highest BCUT2D eigenvalue weighted by atomic mass is 16.2. The van der Waals surface area contributed by atoms with Gasteiger partial charge in [-0.05, 0) is 36.8 Å². The highest BCUT2D eigenvalue weighted by molar-refractivity contribution is 5.99. The summed E-state index contributed by atoms with van der Waals surface area (Å²) in [6, 6.07) is 15.1. The largest absolute Gasteiger partial charge is 0.399 e. The van der Waals surface area contributed by atoms with Crippen molar-refractivity contribution in [2.45, 2.75) is 13.3 Å². The number of carbonyl (C=O) groups is 1. The van der Waals surface area contributed by atoms with Crippen LogP contribution < -0.4 is 11.2 Å². The number of amides is 1. The average Bonchev–Trinajstić information content (AvgIpc) is 2.89. The molecule has 0 aliphatic carbocycles. The average molecular weight is 321 g/mol. The molecule has 0 spiro atoms. The molecule has 0 aliphatic rings. The number of aryl methyl sites for hydroxylation is 1. The number of para-hydroxylation sites is 2. The van der Waals surface area contributed by atoms with Crippen LogP contribution in [-0.4, -0.2) is 21.2 Å². The molecule has 3 N–H and O–H groups in total. The summed E-state index contributed by atoms with van der Waals surface area (Å²) in [5, 5.41) is 4.14. The van der Waals surface area contributed by atoms with Gasteiger partial charge in [-0.1, -0.05) is 24.3 Å². The standard InChI is InChI=1S/C18H19N5O/c1-12(13-7-9-14(19)10-8-13)21-22-18(24)11-17-20-15-5-3-4-6-16(15)23(17)2/h3-10H,11,19H2,1-2H3,(H,22,24)/b21-12+. The van der Waals surface area contributed by atoms with Crippen LogP contribution in [0.25, 0.3) is 11.0 Å². The van der Waals surface area contributed by atoms with Gasteiger partial charge in [-0.3, -0.25) is 4.79 Å². The second-order valence-electron chi connectivity index (χ2n) is 5.61. The molecule has 3 rings (SSSR count). The summed E-state index contributed by atoms with van der Waals surface area (Å²) in [5.41, 5.74) is 12.4. The van der Waals surface area contributed by atoms with Gasteiger partial charge in [0.1, 0.15) is 5.82 Å². The van der Waals surface area contributed by atoms with Gasteiger partial charge in [0.25, 0.3) is 0 Å². The highest BCUT2D eigenvalue weighted by Gasteiger charge is 2.11. The topological polar surface area (TPSA) is 85.3 Å². The van der Waals surface area contributed by atoms with E-state index >= 15 is 0 Å². The Morgan fingerprint density at radius 3 is 2.62 bits per heavy atom. The summed E-state index contributed by atoms with van der Waals surface area (Å²) < 4.78 is 1.92. The Bertz CT molecular complexity index is 909. The molecule has 0 aliphatic heterocycles. The van der Waals surface area contributed by atoms with Crippen LogP contribution >= 0.6 is 0 Å². The third-order valence-corrected chi connectivity index (χ3v) is 3.88. The third-order valence-electron chi connectivity index (χ3n) is 3.88. The number of nitrogen functional groups attached to an aromatic ring is 1. The van der Waals surface area contributed by atoms with Gasteiger partial charge in [0.05, 0.1) is 23.2 Å². The van der Waals surface area contributed by atoms with Crippen molar-refractivity contribution in [2.75, 3.05) is 5.73 Å². The van der Waals surface area contributed by atoms with E-state index in [-0.39, 0.29) is 12.3 Å². The maximum Gasteiger partial charge on any atom is 0.247 e. The normalized spacial score (nSPS) is 11.7. The van der Waals surface area contributed by atoms with E-state index in [1.807, 2.05) is 54.9 Å². The van der Waals surface area contributed by atoms with Crippen LogP contribution in [0.4, 0.5) is 5.69 Å². The van der Waals surface area contributed by atoms with Crippen LogP contribution in [0, 0.1) is 0 Å². The number of nitrogens with two attached hydrogens (primary N) is 1. The van der Waals surface area contributed by atoms with Crippen molar-refractivity contribution in [3.63, 3.8) is 0 Å². The predicted molar refractivity (Wildman–Crippen MR) is 95.6 cm³/mol. The number of aromatic nitrogens is 2. The number of benzene rings is 2.